The van der Waals surface area contributed by atoms with Crippen LogP contribution in [-0.2, 0) is 4.79 Å². The number of carbonyl (C=O) groups is 1. The minimum Gasteiger partial charge on any atom is -0.497 e. The molecule has 3 aromatic carbocycles. The van der Waals surface area contributed by atoms with Crippen molar-refractivity contribution in [3.63, 3.8) is 0 Å². The number of rotatable bonds is 4. The second-order valence-corrected chi connectivity index (χ2v) is 7.60. The van der Waals surface area contributed by atoms with Gasteiger partial charge in [0.1, 0.15) is 5.75 Å². The van der Waals surface area contributed by atoms with E-state index in [1.165, 1.54) is 17.3 Å². The number of hydrogen-bond acceptors (Lipinski definition) is 4. The topological polar surface area (TPSA) is 41.9 Å². The van der Waals surface area contributed by atoms with Crippen molar-refractivity contribution in [3.05, 3.63) is 94.9 Å². The molecule has 5 heteroatoms. The highest BCUT2D eigenvalue weighted by molar-refractivity contribution is 8.19. The van der Waals surface area contributed by atoms with Crippen LogP contribution in [-0.4, -0.2) is 18.2 Å². The number of anilines is 1. The van der Waals surface area contributed by atoms with Crippen molar-refractivity contribution in [2.45, 2.75) is 6.92 Å². The minimum absolute atomic E-state index is 0.0807. The zero-order valence-corrected chi connectivity index (χ0v) is 17.0. The molecule has 1 heterocycles. The Hall–Kier alpha value is -3.31. The lowest BCUT2D eigenvalue weighted by Crippen LogP contribution is -2.28. The predicted octanol–water partition coefficient (Wildman–Crippen LogP) is 5.81. The Bertz CT molecular complexity index is 1070. The average Bonchev–Trinajstić information content (AvgIpc) is 3.05. The van der Waals surface area contributed by atoms with Gasteiger partial charge in [0.25, 0.3) is 5.91 Å². The van der Waals surface area contributed by atoms with Gasteiger partial charge in [-0.25, -0.2) is 4.99 Å². The van der Waals surface area contributed by atoms with Crippen LogP contribution in [0.4, 0.5) is 11.4 Å². The third-order valence-electron chi connectivity index (χ3n) is 4.49. The van der Waals surface area contributed by atoms with Crippen LogP contribution < -0.4 is 9.64 Å². The Morgan fingerprint density at radius 2 is 1.62 bits per heavy atom. The third kappa shape index (κ3) is 4.25. The van der Waals surface area contributed by atoms with Crippen molar-refractivity contribution in [1.29, 1.82) is 0 Å². The molecule has 0 aromatic heterocycles. The number of carbonyl (C=O) groups excluding carboxylic acids is 1. The van der Waals surface area contributed by atoms with Crippen LogP contribution in [0.2, 0.25) is 0 Å². The Labute approximate surface area is 174 Å². The molecule has 29 heavy (non-hydrogen) atoms. The summed E-state index contributed by atoms with van der Waals surface area (Å²) < 4.78 is 5.21. The van der Waals surface area contributed by atoms with E-state index >= 15 is 0 Å². The van der Waals surface area contributed by atoms with E-state index in [-0.39, 0.29) is 5.91 Å². The van der Waals surface area contributed by atoms with Gasteiger partial charge in [0.05, 0.1) is 23.4 Å². The zero-order chi connectivity index (χ0) is 20.2. The minimum atomic E-state index is -0.0807. The fourth-order valence-electron chi connectivity index (χ4n) is 2.93. The molecule has 1 saturated heterocycles. The van der Waals surface area contributed by atoms with Crippen LogP contribution in [0.25, 0.3) is 6.08 Å². The molecule has 0 radical (unpaired) electrons. The molecule has 144 valence electrons. The molecule has 0 atom stereocenters. The average molecular weight is 401 g/mol. The monoisotopic (exact) mass is 400 g/mol. The molecule has 1 aliphatic heterocycles. The number of benzene rings is 3. The van der Waals surface area contributed by atoms with E-state index in [1.807, 2.05) is 91.9 Å². The summed E-state index contributed by atoms with van der Waals surface area (Å²) in [5.41, 5.74) is 3.72. The van der Waals surface area contributed by atoms with E-state index in [4.69, 9.17) is 9.73 Å². The van der Waals surface area contributed by atoms with Crippen LogP contribution >= 0.6 is 11.8 Å². The van der Waals surface area contributed by atoms with Crippen molar-refractivity contribution >= 4 is 40.3 Å². The summed E-state index contributed by atoms with van der Waals surface area (Å²) in [5, 5.41) is 0.643. The maximum Gasteiger partial charge on any atom is 0.271 e. The van der Waals surface area contributed by atoms with Gasteiger partial charge in [-0.05, 0) is 66.7 Å². The van der Waals surface area contributed by atoms with Crippen molar-refractivity contribution in [1.82, 2.24) is 0 Å². The molecule has 1 amide bonds. The normalized spacial score (nSPS) is 16.6. The van der Waals surface area contributed by atoms with Crippen molar-refractivity contribution in [2.75, 3.05) is 12.0 Å². The quantitative estimate of drug-likeness (QED) is 0.519. The molecule has 1 fully saturated rings. The molecule has 0 spiro atoms. The fourth-order valence-corrected chi connectivity index (χ4v) is 3.94. The van der Waals surface area contributed by atoms with Crippen LogP contribution in [0.1, 0.15) is 11.1 Å². The molecule has 4 nitrogen and oxygen atoms in total. The van der Waals surface area contributed by atoms with Gasteiger partial charge >= 0.3 is 0 Å². The predicted molar refractivity (Wildman–Crippen MR) is 121 cm³/mol. The van der Waals surface area contributed by atoms with E-state index in [0.29, 0.717) is 10.1 Å². The largest absolute Gasteiger partial charge is 0.497 e. The highest BCUT2D eigenvalue weighted by Crippen LogP contribution is 2.37. The molecule has 0 unspecified atom stereocenters. The fraction of sp³-hybridized carbons (Fsp3) is 0.0833. The highest BCUT2D eigenvalue weighted by atomic mass is 32.2. The number of aryl methyl sites for hydroxylation is 1. The zero-order valence-electron chi connectivity index (χ0n) is 16.2. The Morgan fingerprint density at radius 1 is 0.931 bits per heavy atom. The number of amides is 1. The number of para-hydroxylation sites is 1. The van der Waals surface area contributed by atoms with E-state index in [2.05, 4.69) is 0 Å². The Kier molecular flexibility index (Phi) is 5.49. The summed E-state index contributed by atoms with van der Waals surface area (Å²) >= 11 is 1.38. The Balaban J connectivity index is 1.73. The molecule has 3 aromatic rings. The molecule has 0 aliphatic carbocycles. The molecular weight excluding hydrogens is 380 g/mol. The lowest BCUT2D eigenvalue weighted by Gasteiger charge is -2.15. The summed E-state index contributed by atoms with van der Waals surface area (Å²) in [6.07, 6.45) is 1.89. The molecule has 1 aliphatic rings. The summed E-state index contributed by atoms with van der Waals surface area (Å²) in [6, 6.07) is 25.2. The van der Waals surface area contributed by atoms with Gasteiger partial charge in [-0.2, -0.15) is 0 Å². The maximum atomic E-state index is 13.2. The summed E-state index contributed by atoms with van der Waals surface area (Å²) in [7, 11) is 1.63. The Morgan fingerprint density at radius 3 is 2.28 bits per heavy atom. The van der Waals surface area contributed by atoms with Crippen LogP contribution in [0.15, 0.2) is 88.8 Å². The summed E-state index contributed by atoms with van der Waals surface area (Å²) in [4.78, 5) is 20.3. The van der Waals surface area contributed by atoms with Crippen LogP contribution in [0, 0.1) is 6.92 Å². The smallest absolute Gasteiger partial charge is 0.271 e. The van der Waals surface area contributed by atoms with Gasteiger partial charge in [-0.3, -0.25) is 9.69 Å². The van der Waals surface area contributed by atoms with Gasteiger partial charge in [-0.15, -0.1) is 0 Å². The van der Waals surface area contributed by atoms with Gasteiger partial charge in [0.15, 0.2) is 5.17 Å². The highest BCUT2D eigenvalue weighted by Gasteiger charge is 2.34. The number of ether oxygens (including phenoxy) is 1. The first-order valence-electron chi connectivity index (χ1n) is 9.22. The number of hydrogen-bond donors (Lipinski definition) is 0. The first-order chi connectivity index (χ1) is 14.1. The van der Waals surface area contributed by atoms with Crippen molar-refractivity contribution < 1.29 is 9.53 Å². The van der Waals surface area contributed by atoms with Gasteiger partial charge < -0.3 is 4.74 Å². The lowest BCUT2D eigenvalue weighted by molar-refractivity contribution is -0.113. The molecule has 0 saturated carbocycles. The number of nitrogens with zero attached hydrogens (tertiary/aromatic N) is 2. The van der Waals surface area contributed by atoms with Crippen molar-refractivity contribution in [2.24, 2.45) is 4.99 Å². The number of aliphatic imine (C=N–C) groups is 1. The van der Waals surface area contributed by atoms with Crippen LogP contribution in [0.3, 0.4) is 0 Å². The maximum absolute atomic E-state index is 13.2. The SMILES string of the molecule is COc1ccc(C=C2SC(=Nc3ccc(C)cc3)N(c3ccccc3)C2=O)cc1. The summed E-state index contributed by atoms with van der Waals surface area (Å²) in [6.45, 7) is 2.04. The van der Waals surface area contributed by atoms with Crippen molar-refractivity contribution in [3.8, 4) is 5.75 Å². The third-order valence-corrected chi connectivity index (χ3v) is 5.46. The number of thioether (sulfide) groups is 1. The molecule has 4 rings (SSSR count). The van der Waals surface area contributed by atoms with Crippen LogP contribution in [0.5, 0.6) is 5.75 Å². The number of amidine groups is 1. The van der Waals surface area contributed by atoms with E-state index in [9.17, 15) is 4.79 Å². The van der Waals surface area contributed by atoms with E-state index < -0.39 is 0 Å². The summed E-state index contributed by atoms with van der Waals surface area (Å²) in [5.74, 6) is 0.702. The lowest BCUT2D eigenvalue weighted by atomic mass is 10.2. The molecule has 0 N–H and O–H groups in total. The van der Waals surface area contributed by atoms with E-state index in [0.717, 1.165) is 22.7 Å². The second-order valence-electron chi connectivity index (χ2n) is 6.59. The second kappa shape index (κ2) is 8.37. The standard InChI is InChI=1S/C24H20N2O2S/c1-17-8-12-19(13-9-17)25-24-26(20-6-4-3-5-7-20)23(27)22(29-24)16-18-10-14-21(28-2)15-11-18/h3-16H,1-2H3. The molecule has 0 bridgehead atoms. The number of methoxy groups -OCH3 is 1. The first-order valence-corrected chi connectivity index (χ1v) is 10.0. The first kappa shape index (κ1) is 19.0. The van der Waals surface area contributed by atoms with E-state index in [1.54, 1.807) is 12.0 Å². The molecular formula is C24H20N2O2S. The van der Waals surface area contributed by atoms with Gasteiger partial charge in [0.2, 0.25) is 0 Å². The van der Waals surface area contributed by atoms with Gasteiger partial charge in [0, 0.05) is 0 Å². The van der Waals surface area contributed by atoms with Gasteiger partial charge in [-0.1, -0.05) is 48.0 Å².